The molecular formula is C20H22N4S. The largest absolute Gasteiger partial charge is 0.347 e. The molecule has 25 heavy (non-hydrogen) atoms. The number of likely N-dealkylation sites (N-methyl/N-ethyl adjacent to an activating group) is 1. The molecular weight excluding hydrogens is 328 g/mol. The highest BCUT2D eigenvalue weighted by Crippen LogP contribution is 2.40. The molecule has 1 aliphatic heterocycles. The van der Waals surface area contributed by atoms with Gasteiger partial charge in [-0.1, -0.05) is 41.7 Å². The van der Waals surface area contributed by atoms with E-state index < -0.39 is 0 Å². The van der Waals surface area contributed by atoms with Crippen LogP contribution in [0.2, 0.25) is 0 Å². The molecule has 0 unspecified atom stereocenters. The summed E-state index contributed by atoms with van der Waals surface area (Å²) in [6.45, 7) is 4.34. The van der Waals surface area contributed by atoms with Crippen LogP contribution in [0.3, 0.4) is 0 Å². The summed E-state index contributed by atoms with van der Waals surface area (Å²) in [5, 5.41) is 1.12. The van der Waals surface area contributed by atoms with E-state index in [0.29, 0.717) is 0 Å². The number of aromatic nitrogens is 2. The molecule has 4 nitrogen and oxygen atoms in total. The SMILES string of the molecule is CN1CCCN(c2nc(-c3cccnc3)c(-c3ccccc3)s2)CC1. The Morgan fingerprint density at radius 1 is 0.920 bits per heavy atom. The van der Waals surface area contributed by atoms with Gasteiger partial charge in [-0.25, -0.2) is 4.98 Å². The van der Waals surface area contributed by atoms with Crippen molar-refractivity contribution in [3.8, 4) is 21.7 Å². The number of nitrogens with zero attached hydrogens (tertiary/aromatic N) is 4. The van der Waals surface area contributed by atoms with Gasteiger partial charge in [-0.05, 0) is 37.7 Å². The van der Waals surface area contributed by atoms with Gasteiger partial charge >= 0.3 is 0 Å². The zero-order chi connectivity index (χ0) is 17.1. The Kier molecular flexibility index (Phi) is 4.76. The van der Waals surface area contributed by atoms with E-state index in [9.17, 15) is 0 Å². The molecule has 0 atom stereocenters. The summed E-state index contributed by atoms with van der Waals surface area (Å²) in [5.74, 6) is 0. The summed E-state index contributed by atoms with van der Waals surface area (Å²) in [6, 6.07) is 14.6. The Labute approximate surface area is 152 Å². The first-order valence-electron chi connectivity index (χ1n) is 8.71. The Hall–Kier alpha value is -2.24. The standard InChI is InChI=1S/C20H22N4S/c1-23-11-6-12-24(14-13-23)20-22-18(17-9-5-10-21-15-17)19(25-20)16-7-3-2-4-8-16/h2-5,7-10,15H,6,11-14H2,1H3. The lowest BCUT2D eigenvalue weighted by Gasteiger charge is -2.19. The summed E-state index contributed by atoms with van der Waals surface area (Å²) >= 11 is 1.79. The number of hydrogen-bond donors (Lipinski definition) is 0. The molecule has 5 heteroatoms. The first-order chi connectivity index (χ1) is 12.3. The third-order valence-electron chi connectivity index (χ3n) is 4.58. The highest BCUT2D eigenvalue weighted by atomic mass is 32.1. The summed E-state index contributed by atoms with van der Waals surface area (Å²) in [6.07, 6.45) is 4.89. The third-order valence-corrected chi connectivity index (χ3v) is 5.74. The number of rotatable bonds is 3. The van der Waals surface area contributed by atoms with Gasteiger partial charge in [-0.2, -0.15) is 0 Å². The van der Waals surface area contributed by atoms with Gasteiger partial charge in [0.2, 0.25) is 0 Å². The van der Waals surface area contributed by atoms with Crippen molar-refractivity contribution in [1.82, 2.24) is 14.9 Å². The normalized spacial score (nSPS) is 16.0. The van der Waals surface area contributed by atoms with E-state index in [0.717, 1.165) is 42.6 Å². The second kappa shape index (κ2) is 7.33. The minimum atomic E-state index is 1.03. The molecule has 1 fully saturated rings. The molecule has 3 aromatic rings. The van der Waals surface area contributed by atoms with E-state index in [1.54, 1.807) is 11.3 Å². The molecule has 0 amide bonds. The van der Waals surface area contributed by atoms with Crippen LogP contribution in [0.5, 0.6) is 0 Å². The highest BCUT2D eigenvalue weighted by Gasteiger charge is 2.20. The van der Waals surface area contributed by atoms with Crippen LogP contribution < -0.4 is 4.90 Å². The monoisotopic (exact) mass is 350 g/mol. The van der Waals surface area contributed by atoms with Crippen LogP contribution in [-0.2, 0) is 0 Å². The Balaban J connectivity index is 1.76. The van der Waals surface area contributed by atoms with Crippen LogP contribution in [0, 0.1) is 0 Å². The summed E-state index contributed by atoms with van der Waals surface area (Å²) in [4.78, 5) is 15.4. The number of pyridine rings is 1. The van der Waals surface area contributed by atoms with Crippen LogP contribution >= 0.6 is 11.3 Å². The van der Waals surface area contributed by atoms with Gasteiger partial charge in [0, 0.05) is 37.6 Å². The van der Waals surface area contributed by atoms with Crippen molar-refractivity contribution < 1.29 is 0 Å². The molecule has 0 N–H and O–H groups in total. The minimum absolute atomic E-state index is 1.03. The van der Waals surface area contributed by atoms with Crippen molar-refractivity contribution in [3.63, 3.8) is 0 Å². The first-order valence-corrected chi connectivity index (χ1v) is 9.53. The Morgan fingerprint density at radius 3 is 2.56 bits per heavy atom. The minimum Gasteiger partial charge on any atom is -0.347 e. The average molecular weight is 350 g/mol. The Morgan fingerprint density at radius 2 is 1.76 bits per heavy atom. The maximum atomic E-state index is 5.03. The number of hydrogen-bond acceptors (Lipinski definition) is 5. The average Bonchev–Trinajstić information content (AvgIpc) is 3.00. The molecule has 0 bridgehead atoms. The van der Waals surface area contributed by atoms with Crippen molar-refractivity contribution in [2.45, 2.75) is 6.42 Å². The van der Waals surface area contributed by atoms with Crippen LogP contribution in [0.15, 0.2) is 54.9 Å². The van der Waals surface area contributed by atoms with Gasteiger partial charge in [-0.15, -0.1) is 0 Å². The fraction of sp³-hybridized carbons (Fsp3) is 0.300. The molecule has 1 aliphatic rings. The van der Waals surface area contributed by atoms with E-state index in [2.05, 4.69) is 58.2 Å². The molecule has 0 spiro atoms. The maximum absolute atomic E-state index is 5.03. The van der Waals surface area contributed by atoms with E-state index >= 15 is 0 Å². The quantitative estimate of drug-likeness (QED) is 0.714. The van der Waals surface area contributed by atoms with Gasteiger partial charge in [0.15, 0.2) is 5.13 Å². The smallest absolute Gasteiger partial charge is 0.186 e. The van der Waals surface area contributed by atoms with Gasteiger partial charge in [-0.3, -0.25) is 4.98 Å². The topological polar surface area (TPSA) is 32.3 Å². The van der Waals surface area contributed by atoms with Crippen molar-refractivity contribution in [2.24, 2.45) is 0 Å². The molecule has 1 saturated heterocycles. The molecule has 4 rings (SSSR count). The highest BCUT2D eigenvalue weighted by molar-refractivity contribution is 7.19. The second-order valence-electron chi connectivity index (χ2n) is 6.43. The van der Waals surface area contributed by atoms with Crippen molar-refractivity contribution in [1.29, 1.82) is 0 Å². The molecule has 128 valence electrons. The predicted octanol–water partition coefficient (Wildman–Crippen LogP) is 4.01. The maximum Gasteiger partial charge on any atom is 0.186 e. The van der Waals surface area contributed by atoms with Gasteiger partial charge in [0.05, 0.1) is 10.6 Å². The van der Waals surface area contributed by atoms with Crippen LogP contribution in [0.1, 0.15) is 6.42 Å². The van der Waals surface area contributed by atoms with E-state index in [1.807, 2.05) is 18.5 Å². The van der Waals surface area contributed by atoms with E-state index in [-0.39, 0.29) is 0 Å². The number of benzene rings is 1. The third kappa shape index (κ3) is 3.57. The summed E-state index contributed by atoms with van der Waals surface area (Å²) in [5.41, 5.74) is 3.34. The fourth-order valence-corrected chi connectivity index (χ4v) is 4.31. The molecule has 3 heterocycles. The lowest BCUT2D eigenvalue weighted by atomic mass is 10.1. The van der Waals surface area contributed by atoms with Gasteiger partial charge in [0.1, 0.15) is 0 Å². The van der Waals surface area contributed by atoms with Crippen LogP contribution in [0.4, 0.5) is 5.13 Å². The first kappa shape index (κ1) is 16.2. The van der Waals surface area contributed by atoms with Crippen molar-refractivity contribution in [2.75, 3.05) is 38.1 Å². The van der Waals surface area contributed by atoms with E-state index in [4.69, 9.17) is 4.98 Å². The summed E-state index contributed by atoms with van der Waals surface area (Å²) < 4.78 is 0. The van der Waals surface area contributed by atoms with Crippen LogP contribution in [0.25, 0.3) is 21.7 Å². The van der Waals surface area contributed by atoms with E-state index in [1.165, 1.54) is 16.9 Å². The fourth-order valence-electron chi connectivity index (χ4n) is 3.17. The molecule has 0 aliphatic carbocycles. The zero-order valence-electron chi connectivity index (χ0n) is 14.4. The summed E-state index contributed by atoms with van der Waals surface area (Å²) in [7, 11) is 2.20. The second-order valence-corrected chi connectivity index (χ2v) is 7.40. The Bertz CT molecular complexity index is 759. The van der Waals surface area contributed by atoms with Crippen molar-refractivity contribution in [3.05, 3.63) is 54.9 Å². The van der Waals surface area contributed by atoms with Crippen LogP contribution in [-0.4, -0.2) is 48.1 Å². The van der Waals surface area contributed by atoms with Gasteiger partial charge < -0.3 is 9.80 Å². The lowest BCUT2D eigenvalue weighted by molar-refractivity contribution is 0.360. The molecule has 0 radical (unpaired) electrons. The zero-order valence-corrected chi connectivity index (χ0v) is 15.2. The predicted molar refractivity (Wildman–Crippen MR) is 105 cm³/mol. The number of anilines is 1. The molecule has 1 aromatic carbocycles. The van der Waals surface area contributed by atoms with Gasteiger partial charge in [0.25, 0.3) is 0 Å². The molecule has 2 aromatic heterocycles. The lowest BCUT2D eigenvalue weighted by Crippen LogP contribution is -2.28. The van der Waals surface area contributed by atoms with Crippen molar-refractivity contribution >= 4 is 16.5 Å². The molecule has 0 saturated carbocycles. The number of thiazole rings is 1.